The van der Waals surface area contributed by atoms with E-state index in [1.807, 2.05) is 0 Å². The fraction of sp³-hybridized carbons (Fsp3) is 0. The van der Waals surface area contributed by atoms with E-state index in [0.29, 0.717) is 0 Å². The van der Waals surface area contributed by atoms with Crippen LogP contribution in [0.25, 0.3) is 0 Å². The molecule has 0 aromatic heterocycles. The van der Waals surface area contributed by atoms with Crippen LogP contribution in [0.1, 0.15) is 2.85 Å². The molecule has 0 aromatic carbocycles. The summed E-state index contributed by atoms with van der Waals surface area (Å²) in [6.45, 7) is 0. The fourth-order valence-corrected chi connectivity index (χ4v) is 0. The Bertz CT molecular complexity index is 13.5. The topological polar surface area (TPSA) is 0 Å². The van der Waals surface area contributed by atoms with Gasteiger partial charge >= 0.3 is 65.8 Å². The molecule has 0 aliphatic rings. The standard InChI is InChI=1S/Al.B.Li.Na.H2.H/h;;;;1H;/q+3;;2*+1;;-1. The zero-order valence-electron chi connectivity index (χ0n) is 4.15. The Morgan fingerprint density at radius 2 is 1.50 bits per heavy atom. The molecule has 0 N–H and O–H groups in total. The van der Waals surface area contributed by atoms with Gasteiger partial charge in [0.25, 0.3) is 0 Å². The van der Waals surface area contributed by atoms with E-state index in [1.165, 1.54) is 0 Å². The predicted molar refractivity (Wildman–Crippen MR) is 14.7 cm³/mol. The van der Waals surface area contributed by atoms with Gasteiger partial charge in [-0.25, -0.2) is 0 Å². The molecule has 3 radical (unpaired) electrons. The van der Waals surface area contributed by atoms with Gasteiger partial charge in [-0.3, -0.25) is 0 Å². The second-order valence-electron chi connectivity index (χ2n) is 0. The molecule has 0 bridgehead atoms. The first-order chi connectivity index (χ1) is 0. The Balaban J connectivity index is 0. The maximum atomic E-state index is 0. The Hall–Kier alpha value is 2.19. The quantitative estimate of drug-likeness (QED) is 0.249. The van der Waals surface area contributed by atoms with Crippen molar-refractivity contribution in [3.05, 3.63) is 0 Å². The minimum absolute atomic E-state index is 0. The normalized spacial score (nSPS) is 0. The summed E-state index contributed by atoms with van der Waals surface area (Å²) < 4.78 is 0. The molecule has 0 aliphatic heterocycles. The number of hydrogen-bond donors (Lipinski definition) is 0. The van der Waals surface area contributed by atoms with E-state index in [4.69, 9.17) is 0 Å². The van der Waals surface area contributed by atoms with Crippen molar-refractivity contribution in [1.29, 1.82) is 0 Å². The van der Waals surface area contributed by atoms with Crippen LogP contribution >= 0.6 is 0 Å². The first-order valence-electron chi connectivity index (χ1n) is 0. The van der Waals surface area contributed by atoms with E-state index in [9.17, 15) is 0 Å². The van der Waals surface area contributed by atoms with Crippen LogP contribution in [0.5, 0.6) is 0 Å². The van der Waals surface area contributed by atoms with Crippen molar-refractivity contribution >= 4 is 25.8 Å². The van der Waals surface area contributed by atoms with Crippen LogP contribution in [0.3, 0.4) is 0 Å². The summed E-state index contributed by atoms with van der Waals surface area (Å²) in [7, 11) is 0. The van der Waals surface area contributed by atoms with Crippen molar-refractivity contribution in [2.75, 3.05) is 0 Å². The van der Waals surface area contributed by atoms with Crippen molar-refractivity contribution in [2.45, 2.75) is 0 Å². The molecule has 0 aliphatic carbocycles. The van der Waals surface area contributed by atoms with E-state index < -0.39 is 0 Å². The van der Waals surface area contributed by atoms with E-state index in [0.717, 1.165) is 0 Å². The molecule has 0 saturated carbocycles. The van der Waals surface area contributed by atoms with Crippen molar-refractivity contribution in [1.82, 2.24) is 0 Å². The van der Waals surface area contributed by atoms with Crippen LogP contribution in [0, 0.1) is 0 Å². The third kappa shape index (κ3) is 8.89. The van der Waals surface area contributed by atoms with E-state index >= 15 is 0 Å². The van der Waals surface area contributed by atoms with Crippen LogP contribution in [0.15, 0.2) is 0 Å². The van der Waals surface area contributed by atoms with Gasteiger partial charge in [-0.2, -0.15) is 0 Å². The van der Waals surface area contributed by atoms with Gasteiger partial charge in [-0.1, -0.05) is 0 Å². The van der Waals surface area contributed by atoms with Crippen molar-refractivity contribution < 1.29 is 51.3 Å². The largest absolute Gasteiger partial charge is 3.00 e. The Morgan fingerprint density at radius 1 is 1.50 bits per heavy atom. The third-order valence-corrected chi connectivity index (χ3v) is 0. The predicted octanol–water partition coefficient (Wildman–Crippen LogP) is -6.40. The summed E-state index contributed by atoms with van der Waals surface area (Å²) in [5, 5.41) is 0. The van der Waals surface area contributed by atoms with Gasteiger partial charge in [0, 0.05) is 9.84 Å². The number of rotatable bonds is 0. The Kier molecular flexibility index (Phi) is 165. The molecular weight excluding hydrogens is 67.7 g/mol. The average Bonchev–Trinajstić information content (AvgIpc) is 0. The van der Waals surface area contributed by atoms with Crippen LogP contribution in [0.2, 0.25) is 0 Å². The van der Waals surface area contributed by atoms with Crippen LogP contribution in [0.4, 0.5) is 0 Å². The Labute approximate surface area is 76.2 Å². The molecule has 0 unspecified atom stereocenters. The van der Waals surface area contributed by atoms with Crippen LogP contribution < -0.4 is 48.4 Å². The molecular formula is H3AlBLiNa+4. The fourth-order valence-electron chi connectivity index (χ4n) is 0. The SMILES string of the molecule is [Al+3].[B].[H-].[HH].[Li+].[Na+]. The summed E-state index contributed by atoms with van der Waals surface area (Å²) in [4.78, 5) is 0. The van der Waals surface area contributed by atoms with Gasteiger partial charge in [0.15, 0.2) is 0 Å². The molecule has 0 fully saturated rings. The molecule has 4 heavy (non-hydrogen) atoms. The molecule has 0 rings (SSSR count). The number of hydrogen-bond acceptors (Lipinski definition) is 0. The Morgan fingerprint density at radius 3 is 1.50 bits per heavy atom. The zero-order valence-corrected chi connectivity index (χ0v) is 6.31. The van der Waals surface area contributed by atoms with Gasteiger partial charge in [0.2, 0.25) is 0 Å². The first kappa shape index (κ1) is 34.7. The zero-order chi connectivity index (χ0) is 0. The van der Waals surface area contributed by atoms with E-state index in [-0.39, 0.29) is 77.0 Å². The summed E-state index contributed by atoms with van der Waals surface area (Å²) in [6.07, 6.45) is 0. The minimum Gasteiger partial charge on any atom is -1.00 e. The smallest absolute Gasteiger partial charge is 1.00 e. The molecule has 7 valence electrons. The second-order valence-corrected chi connectivity index (χ2v) is 0. The molecule has 0 atom stereocenters. The van der Waals surface area contributed by atoms with Gasteiger partial charge < -0.3 is 1.43 Å². The van der Waals surface area contributed by atoms with Gasteiger partial charge in [-0.05, 0) is 0 Å². The second kappa shape index (κ2) is 19.0. The van der Waals surface area contributed by atoms with Crippen molar-refractivity contribution in [3.63, 3.8) is 0 Å². The maximum Gasteiger partial charge on any atom is 3.00 e. The van der Waals surface area contributed by atoms with Crippen molar-refractivity contribution in [2.24, 2.45) is 0 Å². The maximum absolute atomic E-state index is 0. The first-order valence-corrected chi connectivity index (χ1v) is 0. The molecule has 0 saturated heterocycles. The molecule has 0 aromatic rings. The summed E-state index contributed by atoms with van der Waals surface area (Å²) in [5.41, 5.74) is 0. The van der Waals surface area contributed by atoms with Gasteiger partial charge in [0.1, 0.15) is 0 Å². The van der Waals surface area contributed by atoms with Crippen LogP contribution in [-0.4, -0.2) is 25.8 Å². The molecule has 4 heteroatoms. The van der Waals surface area contributed by atoms with Crippen molar-refractivity contribution in [3.8, 4) is 0 Å². The van der Waals surface area contributed by atoms with E-state index in [1.54, 1.807) is 0 Å². The summed E-state index contributed by atoms with van der Waals surface area (Å²) >= 11 is 0. The molecule has 0 amide bonds. The van der Waals surface area contributed by atoms with Crippen LogP contribution in [-0.2, 0) is 0 Å². The molecule has 0 spiro atoms. The van der Waals surface area contributed by atoms with Gasteiger partial charge in [-0.15, -0.1) is 0 Å². The molecule has 0 heterocycles. The molecule has 0 nitrogen and oxygen atoms in total. The summed E-state index contributed by atoms with van der Waals surface area (Å²) in [5.74, 6) is 0. The monoisotopic (exact) mass is 71.0 g/mol. The van der Waals surface area contributed by atoms with Gasteiger partial charge in [0.05, 0.1) is 0 Å². The third-order valence-electron chi connectivity index (χ3n) is 0. The average molecular weight is 70.7 g/mol. The van der Waals surface area contributed by atoms with E-state index in [2.05, 4.69) is 0 Å². The minimum atomic E-state index is 0. The summed E-state index contributed by atoms with van der Waals surface area (Å²) in [6, 6.07) is 0.